The summed E-state index contributed by atoms with van der Waals surface area (Å²) in [5, 5.41) is 11.4. The molecule has 4 N–H and O–H groups in total. The smallest absolute Gasteiger partial charge is 0.321 e. The molecule has 0 bridgehead atoms. The first-order valence-corrected chi connectivity index (χ1v) is 6.10. The summed E-state index contributed by atoms with van der Waals surface area (Å²) in [5.41, 5.74) is 5.30. The Balaban J connectivity index is 1.95. The lowest BCUT2D eigenvalue weighted by molar-refractivity contribution is -0.137. The van der Waals surface area contributed by atoms with Crippen LogP contribution in [-0.4, -0.2) is 40.6 Å². The number of carbonyl (C=O) groups is 2. The maximum atomic E-state index is 11.2. The third kappa shape index (κ3) is 5.64. The van der Waals surface area contributed by atoms with Gasteiger partial charge in [0.1, 0.15) is 6.04 Å². The molecule has 0 aromatic heterocycles. The molecule has 6 heteroatoms. The molecule has 1 aliphatic rings. The van der Waals surface area contributed by atoms with Crippen molar-refractivity contribution in [3.05, 3.63) is 0 Å². The highest BCUT2D eigenvalue weighted by Crippen LogP contribution is 2.18. The monoisotopic (exact) mass is 232 g/mol. The summed E-state index contributed by atoms with van der Waals surface area (Å²) >= 11 is 1.40. The lowest BCUT2D eigenvalue weighted by atomic mass is 10.4. The second-order valence-electron chi connectivity index (χ2n) is 3.61. The van der Waals surface area contributed by atoms with Gasteiger partial charge < -0.3 is 16.2 Å². The minimum absolute atomic E-state index is 0.0499. The summed E-state index contributed by atoms with van der Waals surface area (Å²) < 4.78 is 0. The number of thioether (sulfide) groups is 1. The topological polar surface area (TPSA) is 92.4 Å². The van der Waals surface area contributed by atoms with Gasteiger partial charge in [0.25, 0.3) is 0 Å². The Labute approximate surface area is 92.8 Å². The van der Waals surface area contributed by atoms with Crippen LogP contribution < -0.4 is 11.1 Å². The number of hydrogen-bond acceptors (Lipinski definition) is 4. The normalized spacial score (nSPS) is 17.1. The van der Waals surface area contributed by atoms with E-state index in [0.717, 1.165) is 12.8 Å². The van der Waals surface area contributed by atoms with E-state index < -0.39 is 12.0 Å². The summed E-state index contributed by atoms with van der Waals surface area (Å²) in [7, 11) is 0. The van der Waals surface area contributed by atoms with Gasteiger partial charge in [0.2, 0.25) is 5.91 Å². The van der Waals surface area contributed by atoms with Crippen LogP contribution in [0.25, 0.3) is 0 Å². The van der Waals surface area contributed by atoms with Crippen molar-refractivity contribution < 1.29 is 14.7 Å². The van der Waals surface area contributed by atoms with E-state index in [1.54, 1.807) is 0 Å². The molecule has 1 fully saturated rings. The largest absolute Gasteiger partial charge is 0.480 e. The van der Waals surface area contributed by atoms with E-state index in [1.165, 1.54) is 11.8 Å². The first-order valence-electron chi connectivity index (χ1n) is 4.95. The average molecular weight is 232 g/mol. The Morgan fingerprint density at radius 2 is 2.20 bits per heavy atom. The van der Waals surface area contributed by atoms with Crippen molar-refractivity contribution in [3.8, 4) is 0 Å². The number of amides is 1. The molecule has 1 rings (SSSR count). The third-order valence-electron chi connectivity index (χ3n) is 2.03. The van der Waals surface area contributed by atoms with Gasteiger partial charge in [0.15, 0.2) is 0 Å². The van der Waals surface area contributed by atoms with Crippen LogP contribution in [0.3, 0.4) is 0 Å². The van der Waals surface area contributed by atoms with E-state index in [4.69, 9.17) is 10.8 Å². The van der Waals surface area contributed by atoms with Gasteiger partial charge in [-0.1, -0.05) is 0 Å². The second kappa shape index (κ2) is 5.97. The third-order valence-corrected chi connectivity index (χ3v) is 3.12. The average Bonchev–Trinajstić information content (AvgIpc) is 2.95. The summed E-state index contributed by atoms with van der Waals surface area (Å²) in [4.78, 5) is 21.6. The predicted molar refractivity (Wildman–Crippen MR) is 58.7 cm³/mol. The Bertz CT molecular complexity index is 244. The predicted octanol–water partition coefficient (Wildman–Crippen LogP) is -0.200. The van der Waals surface area contributed by atoms with Crippen molar-refractivity contribution in [1.29, 1.82) is 0 Å². The Morgan fingerprint density at radius 3 is 2.73 bits per heavy atom. The van der Waals surface area contributed by atoms with Crippen LogP contribution in [0.15, 0.2) is 0 Å². The number of carboxylic acids is 1. The van der Waals surface area contributed by atoms with Crippen molar-refractivity contribution in [3.63, 3.8) is 0 Å². The van der Waals surface area contributed by atoms with Crippen LogP contribution in [-0.2, 0) is 9.59 Å². The zero-order valence-corrected chi connectivity index (χ0v) is 9.26. The maximum Gasteiger partial charge on any atom is 0.321 e. The Morgan fingerprint density at radius 1 is 1.53 bits per heavy atom. The Hall–Kier alpha value is -0.750. The molecule has 0 spiro atoms. The summed E-state index contributed by atoms with van der Waals surface area (Å²) in [6.07, 6.45) is 2.61. The Kier molecular flexibility index (Phi) is 4.90. The van der Waals surface area contributed by atoms with Crippen molar-refractivity contribution >= 4 is 23.6 Å². The summed E-state index contributed by atoms with van der Waals surface area (Å²) in [5.74, 6) is 0.0322. The molecule has 15 heavy (non-hydrogen) atoms. The number of nitrogens with two attached hydrogens (primary N) is 1. The fraction of sp³-hybridized carbons (Fsp3) is 0.778. The van der Waals surface area contributed by atoms with E-state index in [-0.39, 0.29) is 5.91 Å². The fourth-order valence-electron chi connectivity index (χ4n) is 0.974. The standard InChI is InChI=1S/C9H16N2O3S/c10-7(9(13)14)5-15-4-3-8(12)11-6-1-2-6/h6-7H,1-5,10H2,(H,11,12)(H,13,14)/t7-/m1/s1. The maximum absolute atomic E-state index is 11.2. The van der Waals surface area contributed by atoms with Gasteiger partial charge in [-0.3, -0.25) is 9.59 Å². The first-order chi connectivity index (χ1) is 7.09. The highest BCUT2D eigenvalue weighted by atomic mass is 32.2. The molecule has 1 atom stereocenters. The zero-order valence-electron chi connectivity index (χ0n) is 8.44. The molecule has 0 unspecified atom stereocenters. The quantitative estimate of drug-likeness (QED) is 0.529. The molecule has 0 aliphatic heterocycles. The van der Waals surface area contributed by atoms with E-state index >= 15 is 0 Å². The molecule has 0 saturated heterocycles. The van der Waals surface area contributed by atoms with Gasteiger partial charge >= 0.3 is 5.97 Å². The second-order valence-corrected chi connectivity index (χ2v) is 4.76. The van der Waals surface area contributed by atoms with Crippen molar-refractivity contribution in [2.24, 2.45) is 5.73 Å². The van der Waals surface area contributed by atoms with Gasteiger partial charge in [0, 0.05) is 24.0 Å². The fourth-order valence-corrected chi connectivity index (χ4v) is 1.87. The number of carboxylic acid groups (broad SMARTS) is 1. The van der Waals surface area contributed by atoms with Crippen LogP contribution in [0, 0.1) is 0 Å². The molecule has 0 radical (unpaired) electrons. The molecule has 0 aromatic carbocycles. The number of nitrogens with one attached hydrogen (secondary N) is 1. The molecule has 5 nitrogen and oxygen atoms in total. The highest BCUT2D eigenvalue weighted by Gasteiger charge is 2.22. The summed E-state index contributed by atoms with van der Waals surface area (Å²) in [6, 6.07) is -0.440. The SMILES string of the molecule is N[C@H](CSCCC(=O)NC1CC1)C(=O)O. The van der Waals surface area contributed by atoms with Crippen LogP contribution >= 0.6 is 11.8 Å². The van der Waals surface area contributed by atoms with Gasteiger partial charge in [-0.05, 0) is 12.8 Å². The van der Waals surface area contributed by atoms with Gasteiger partial charge in [-0.25, -0.2) is 0 Å². The molecule has 1 aliphatic carbocycles. The van der Waals surface area contributed by atoms with E-state index in [9.17, 15) is 9.59 Å². The van der Waals surface area contributed by atoms with Gasteiger partial charge in [-0.15, -0.1) is 0 Å². The summed E-state index contributed by atoms with van der Waals surface area (Å²) in [6.45, 7) is 0. The zero-order chi connectivity index (χ0) is 11.3. The number of rotatable bonds is 7. The highest BCUT2D eigenvalue weighted by molar-refractivity contribution is 7.99. The van der Waals surface area contributed by atoms with Gasteiger partial charge in [-0.2, -0.15) is 11.8 Å². The van der Waals surface area contributed by atoms with Gasteiger partial charge in [0.05, 0.1) is 0 Å². The minimum Gasteiger partial charge on any atom is -0.480 e. The van der Waals surface area contributed by atoms with Crippen LogP contribution in [0.4, 0.5) is 0 Å². The van der Waals surface area contributed by atoms with Crippen molar-refractivity contribution in [2.45, 2.75) is 31.3 Å². The van der Waals surface area contributed by atoms with Crippen LogP contribution in [0.1, 0.15) is 19.3 Å². The first kappa shape index (κ1) is 12.3. The molecular formula is C9H16N2O3S. The molecular weight excluding hydrogens is 216 g/mol. The molecule has 1 amide bonds. The molecule has 1 saturated carbocycles. The van der Waals surface area contributed by atoms with Crippen LogP contribution in [0.2, 0.25) is 0 Å². The van der Waals surface area contributed by atoms with Crippen LogP contribution in [0.5, 0.6) is 0 Å². The molecule has 0 heterocycles. The number of hydrogen-bond donors (Lipinski definition) is 3. The van der Waals surface area contributed by atoms with Crippen molar-refractivity contribution in [2.75, 3.05) is 11.5 Å². The molecule has 0 aromatic rings. The van der Waals surface area contributed by atoms with E-state index in [2.05, 4.69) is 5.32 Å². The minimum atomic E-state index is -0.995. The van der Waals surface area contributed by atoms with E-state index in [1.807, 2.05) is 0 Å². The molecule has 86 valence electrons. The van der Waals surface area contributed by atoms with Crippen molar-refractivity contribution in [1.82, 2.24) is 5.32 Å². The lowest BCUT2D eigenvalue weighted by Crippen LogP contribution is -2.32. The van der Waals surface area contributed by atoms with E-state index in [0.29, 0.717) is 24.0 Å². The number of carbonyl (C=O) groups excluding carboxylic acids is 1. The number of aliphatic carboxylic acids is 1. The lowest BCUT2D eigenvalue weighted by Gasteiger charge is -2.06.